The minimum absolute atomic E-state index is 0.0155. The number of fused-ring (bicyclic) bond motifs is 5. The van der Waals surface area contributed by atoms with Crippen molar-refractivity contribution >= 4 is 5.91 Å². The number of carbonyl (C=O) groups excluding carboxylic acids is 1. The predicted octanol–water partition coefficient (Wildman–Crippen LogP) is 7.52. The Hall–Kier alpha value is -2.13. The fourth-order valence-corrected chi connectivity index (χ4v) is 9.81. The van der Waals surface area contributed by atoms with Gasteiger partial charge in [-0.25, -0.2) is 0 Å². The third-order valence-corrected chi connectivity index (χ3v) is 11.8. The zero-order valence-corrected chi connectivity index (χ0v) is 23.2. The molecule has 0 spiro atoms. The molecule has 37 heavy (non-hydrogen) atoms. The standard InChI is InChI=1S/C34H45NO2/c1-23-21-28-26-15-16-30-34(3,20-18-31(36)35(30)4)27(26)17-19-33(28,2)29(23)22-37-32(24-11-7-5-8-12-24)25-13-9-6-10-14-25/h5-14,23,26-30,32H,15-22H2,1-4H3/t23?,26-,27+,28+,29?,30-,33+,34-/m1/s1. The molecule has 0 N–H and O–H groups in total. The molecule has 198 valence electrons. The predicted molar refractivity (Wildman–Crippen MR) is 149 cm³/mol. The van der Waals surface area contributed by atoms with Gasteiger partial charge in [0.05, 0.1) is 6.61 Å². The van der Waals surface area contributed by atoms with E-state index in [1.807, 2.05) is 0 Å². The highest BCUT2D eigenvalue weighted by Gasteiger charge is 2.62. The van der Waals surface area contributed by atoms with Crippen LogP contribution < -0.4 is 0 Å². The first-order valence-electron chi connectivity index (χ1n) is 14.8. The fourth-order valence-electron chi connectivity index (χ4n) is 9.81. The van der Waals surface area contributed by atoms with E-state index in [4.69, 9.17) is 4.74 Å². The number of likely N-dealkylation sites (tertiary alicyclic amines) is 1. The number of hydrogen-bond donors (Lipinski definition) is 0. The van der Waals surface area contributed by atoms with Crippen molar-refractivity contribution in [1.82, 2.24) is 4.90 Å². The highest BCUT2D eigenvalue weighted by Crippen LogP contribution is 2.67. The van der Waals surface area contributed by atoms with Crippen molar-refractivity contribution < 1.29 is 9.53 Å². The van der Waals surface area contributed by atoms with Crippen molar-refractivity contribution in [2.24, 2.45) is 40.4 Å². The van der Waals surface area contributed by atoms with Crippen LogP contribution in [0.15, 0.2) is 60.7 Å². The van der Waals surface area contributed by atoms with Crippen LogP contribution in [0.5, 0.6) is 0 Å². The molecule has 1 amide bonds. The molecule has 4 aliphatic rings. The van der Waals surface area contributed by atoms with Gasteiger partial charge in [-0.05, 0) is 90.1 Å². The van der Waals surface area contributed by atoms with Gasteiger partial charge in [0, 0.05) is 19.5 Å². The highest BCUT2D eigenvalue weighted by atomic mass is 16.5. The van der Waals surface area contributed by atoms with E-state index in [2.05, 4.69) is 93.4 Å². The van der Waals surface area contributed by atoms with E-state index in [0.29, 0.717) is 29.2 Å². The maximum absolute atomic E-state index is 12.5. The first kappa shape index (κ1) is 25.2. The van der Waals surface area contributed by atoms with Crippen molar-refractivity contribution in [2.45, 2.75) is 77.9 Å². The molecule has 1 saturated heterocycles. The molecule has 4 fully saturated rings. The molecule has 0 radical (unpaired) electrons. The molecular formula is C34H45NO2. The summed E-state index contributed by atoms with van der Waals surface area (Å²) in [7, 11) is 2.07. The molecule has 1 aliphatic heterocycles. The van der Waals surface area contributed by atoms with Gasteiger partial charge in [-0.3, -0.25) is 4.79 Å². The van der Waals surface area contributed by atoms with Gasteiger partial charge in [-0.15, -0.1) is 0 Å². The Balaban J connectivity index is 1.23. The molecule has 1 heterocycles. The van der Waals surface area contributed by atoms with Crippen molar-refractivity contribution in [3.63, 3.8) is 0 Å². The first-order valence-corrected chi connectivity index (χ1v) is 14.8. The number of hydrogen-bond acceptors (Lipinski definition) is 2. The average Bonchev–Trinajstić information content (AvgIpc) is 3.17. The SMILES string of the molecule is CC1C[C@H]2[C@@H]3CC[C@H]4N(C)C(=O)CC[C@]4(C)[C@H]3CC[C@]2(C)C1COC(c1ccccc1)c1ccccc1. The van der Waals surface area contributed by atoms with Gasteiger partial charge in [0.2, 0.25) is 5.91 Å². The Kier molecular flexibility index (Phi) is 6.50. The van der Waals surface area contributed by atoms with Crippen molar-refractivity contribution in [3.05, 3.63) is 71.8 Å². The summed E-state index contributed by atoms with van der Waals surface area (Å²) in [4.78, 5) is 14.6. The Morgan fingerprint density at radius 1 is 0.892 bits per heavy atom. The third kappa shape index (κ3) is 4.08. The maximum atomic E-state index is 12.5. The van der Waals surface area contributed by atoms with Gasteiger partial charge >= 0.3 is 0 Å². The lowest BCUT2D eigenvalue weighted by molar-refractivity contribution is -0.159. The summed E-state index contributed by atoms with van der Waals surface area (Å²) in [5, 5.41) is 0. The quantitative estimate of drug-likeness (QED) is 0.426. The molecule has 3 heteroatoms. The molecule has 2 aromatic rings. The van der Waals surface area contributed by atoms with Crippen LogP contribution in [0, 0.1) is 40.4 Å². The Bertz CT molecular complexity index is 1060. The van der Waals surface area contributed by atoms with Gasteiger partial charge < -0.3 is 9.64 Å². The number of benzene rings is 2. The number of carbonyl (C=O) groups is 1. The number of nitrogens with zero attached hydrogens (tertiary/aromatic N) is 1. The van der Waals surface area contributed by atoms with Crippen molar-refractivity contribution in [2.75, 3.05) is 13.7 Å². The third-order valence-electron chi connectivity index (χ3n) is 11.8. The van der Waals surface area contributed by atoms with Crippen LogP contribution in [-0.4, -0.2) is 30.5 Å². The number of rotatable bonds is 5. The molecule has 2 unspecified atom stereocenters. The van der Waals surface area contributed by atoms with E-state index in [-0.39, 0.29) is 11.5 Å². The molecule has 2 aromatic carbocycles. The van der Waals surface area contributed by atoms with Gasteiger partial charge in [-0.2, -0.15) is 0 Å². The first-order chi connectivity index (χ1) is 17.8. The van der Waals surface area contributed by atoms with E-state index in [0.717, 1.165) is 37.2 Å². The van der Waals surface area contributed by atoms with Gasteiger partial charge in [0.15, 0.2) is 0 Å². The van der Waals surface area contributed by atoms with Crippen molar-refractivity contribution in [3.8, 4) is 0 Å². The second-order valence-corrected chi connectivity index (χ2v) is 13.4. The molecule has 3 aliphatic carbocycles. The largest absolute Gasteiger partial charge is 0.368 e. The van der Waals surface area contributed by atoms with Crippen LogP contribution in [0.4, 0.5) is 0 Å². The molecule has 6 rings (SSSR count). The lowest BCUT2D eigenvalue weighted by Crippen LogP contribution is -2.61. The lowest BCUT2D eigenvalue weighted by atomic mass is 9.47. The van der Waals surface area contributed by atoms with Gasteiger partial charge in [-0.1, -0.05) is 81.4 Å². The smallest absolute Gasteiger partial charge is 0.222 e. The summed E-state index contributed by atoms with van der Waals surface area (Å²) in [6.07, 6.45) is 8.24. The Labute approximate surface area is 224 Å². The van der Waals surface area contributed by atoms with Crippen LogP contribution in [0.3, 0.4) is 0 Å². The minimum atomic E-state index is -0.0155. The van der Waals surface area contributed by atoms with E-state index in [1.54, 1.807) is 0 Å². The number of amides is 1. The van der Waals surface area contributed by atoms with Crippen LogP contribution in [0.1, 0.15) is 82.9 Å². The summed E-state index contributed by atoms with van der Waals surface area (Å²) in [6, 6.07) is 21.9. The van der Waals surface area contributed by atoms with Crippen LogP contribution in [0.2, 0.25) is 0 Å². The minimum Gasteiger partial charge on any atom is -0.368 e. The van der Waals surface area contributed by atoms with Crippen molar-refractivity contribution in [1.29, 1.82) is 0 Å². The lowest BCUT2D eigenvalue weighted by Gasteiger charge is -2.61. The molecule has 3 saturated carbocycles. The van der Waals surface area contributed by atoms with E-state index < -0.39 is 0 Å². The van der Waals surface area contributed by atoms with E-state index >= 15 is 0 Å². The fraction of sp³-hybridized carbons (Fsp3) is 0.618. The van der Waals surface area contributed by atoms with Crippen LogP contribution in [0.25, 0.3) is 0 Å². The zero-order chi connectivity index (χ0) is 25.8. The molecule has 0 bridgehead atoms. The summed E-state index contributed by atoms with van der Waals surface area (Å²) < 4.78 is 6.91. The molecule has 3 nitrogen and oxygen atoms in total. The summed E-state index contributed by atoms with van der Waals surface area (Å²) in [5.41, 5.74) is 3.12. The second kappa shape index (κ2) is 9.56. The summed E-state index contributed by atoms with van der Waals surface area (Å²) in [5.74, 6) is 3.97. The normalized spacial score (nSPS) is 39.3. The van der Waals surface area contributed by atoms with E-state index in [9.17, 15) is 4.79 Å². The average molecular weight is 500 g/mol. The van der Waals surface area contributed by atoms with Gasteiger partial charge in [0.25, 0.3) is 0 Å². The monoisotopic (exact) mass is 499 g/mol. The summed E-state index contributed by atoms with van der Waals surface area (Å²) >= 11 is 0. The number of ether oxygens (including phenoxy) is 1. The van der Waals surface area contributed by atoms with Gasteiger partial charge in [0.1, 0.15) is 6.10 Å². The molecular weight excluding hydrogens is 454 g/mol. The second-order valence-electron chi connectivity index (χ2n) is 13.4. The maximum Gasteiger partial charge on any atom is 0.222 e. The summed E-state index contributed by atoms with van der Waals surface area (Å²) in [6.45, 7) is 8.46. The molecule has 8 atom stereocenters. The topological polar surface area (TPSA) is 29.5 Å². The van der Waals surface area contributed by atoms with Crippen LogP contribution in [-0.2, 0) is 9.53 Å². The Morgan fingerprint density at radius 3 is 2.19 bits per heavy atom. The van der Waals surface area contributed by atoms with E-state index in [1.165, 1.54) is 43.2 Å². The molecule has 0 aromatic heterocycles. The Morgan fingerprint density at radius 2 is 1.54 bits per heavy atom. The number of piperidine rings is 1. The highest BCUT2D eigenvalue weighted by molar-refractivity contribution is 5.77. The van der Waals surface area contributed by atoms with Crippen LogP contribution >= 0.6 is 0 Å². The zero-order valence-electron chi connectivity index (χ0n) is 23.2.